The van der Waals surface area contributed by atoms with Gasteiger partial charge in [-0.2, -0.15) is 0 Å². The van der Waals surface area contributed by atoms with Gasteiger partial charge in [-0.15, -0.1) is 0 Å². The maximum absolute atomic E-state index is 12.6. The molecule has 0 unspecified atom stereocenters. The lowest BCUT2D eigenvalue weighted by molar-refractivity contribution is 0.579. The van der Waals surface area contributed by atoms with Crippen LogP contribution < -0.4 is 0 Å². The molecule has 1 aromatic carbocycles. The molecule has 0 atom stereocenters. The van der Waals surface area contributed by atoms with Crippen LogP contribution in [0.5, 0.6) is 0 Å². The number of hydrogen-bond donors (Lipinski definition) is 0. The van der Waals surface area contributed by atoms with E-state index in [4.69, 9.17) is 10.7 Å². The van der Waals surface area contributed by atoms with Crippen LogP contribution in [0.25, 0.3) is 0 Å². The van der Waals surface area contributed by atoms with E-state index in [9.17, 15) is 17.2 Å². The summed E-state index contributed by atoms with van der Waals surface area (Å²) in [5.41, 5.74) is 0.270. The Morgan fingerprint density at radius 2 is 1.64 bits per heavy atom. The summed E-state index contributed by atoms with van der Waals surface area (Å²) in [6, 6.07) is 2.87. The average Bonchev–Trinajstić information content (AvgIpc) is 1.97. The highest BCUT2D eigenvalue weighted by atomic mass is 35.7. The minimum Gasteiger partial charge on any atom is -0.212 e. The molecular weight excluding hydrogens is 234 g/mol. The van der Waals surface area contributed by atoms with E-state index in [-0.39, 0.29) is 17.7 Å². The molecule has 0 N–H and O–H groups in total. The molecule has 1 rings (SSSR count). The summed E-state index contributed by atoms with van der Waals surface area (Å²) in [6.45, 7) is 0. The van der Waals surface area contributed by atoms with Crippen molar-refractivity contribution in [1.29, 1.82) is 0 Å². The summed E-state index contributed by atoms with van der Waals surface area (Å²) in [4.78, 5) is 0. The van der Waals surface area contributed by atoms with E-state index in [1.165, 1.54) is 0 Å². The summed E-state index contributed by atoms with van der Waals surface area (Å²) in [5, 5.41) is 0. The highest BCUT2D eigenvalue weighted by Gasteiger charge is 2.07. The summed E-state index contributed by atoms with van der Waals surface area (Å²) in [6.07, 6.45) is 0.000509. The quantitative estimate of drug-likeness (QED) is 0.758. The van der Waals surface area contributed by atoms with E-state index in [2.05, 4.69) is 0 Å². The molecule has 0 aliphatic rings. The van der Waals surface area contributed by atoms with Crippen LogP contribution in [-0.2, 0) is 15.5 Å². The number of rotatable bonds is 3. The van der Waals surface area contributed by atoms with E-state index in [0.717, 1.165) is 18.2 Å². The molecule has 78 valence electrons. The molecule has 0 amide bonds. The molecule has 0 spiro atoms. The van der Waals surface area contributed by atoms with Gasteiger partial charge >= 0.3 is 0 Å². The van der Waals surface area contributed by atoms with Crippen LogP contribution in [0.15, 0.2) is 18.2 Å². The van der Waals surface area contributed by atoms with Crippen molar-refractivity contribution in [2.45, 2.75) is 6.42 Å². The predicted octanol–water partition coefficient (Wildman–Crippen LogP) is 2.08. The van der Waals surface area contributed by atoms with Gasteiger partial charge in [0.15, 0.2) is 0 Å². The van der Waals surface area contributed by atoms with Crippen LogP contribution in [0.2, 0.25) is 0 Å². The minimum absolute atomic E-state index is 0.000509. The first kappa shape index (κ1) is 11.4. The van der Waals surface area contributed by atoms with Gasteiger partial charge in [0.25, 0.3) is 0 Å². The van der Waals surface area contributed by atoms with E-state index in [1.807, 2.05) is 0 Å². The van der Waals surface area contributed by atoms with Crippen molar-refractivity contribution in [3.05, 3.63) is 35.4 Å². The Morgan fingerprint density at radius 3 is 2.07 bits per heavy atom. The standard InChI is InChI=1S/C8H7ClF2O2S/c9-14(12,13)2-1-6-3-7(10)5-8(11)4-6/h3-5H,1-2H2. The molecule has 1 aromatic rings. The number of hydrogen-bond acceptors (Lipinski definition) is 2. The highest BCUT2D eigenvalue weighted by molar-refractivity contribution is 8.13. The molecule has 0 aromatic heterocycles. The second-order valence-corrected chi connectivity index (χ2v) is 5.67. The number of aryl methyl sites for hydroxylation is 1. The zero-order valence-electron chi connectivity index (χ0n) is 7.00. The van der Waals surface area contributed by atoms with Crippen LogP contribution in [0.4, 0.5) is 8.78 Å². The SMILES string of the molecule is O=S(=O)(Cl)CCc1cc(F)cc(F)c1. The Kier molecular flexibility index (Phi) is 3.44. The molecule has 6 heteroatoms. The fraction of sp³-hybridized carbons (Fsp3) is 0.250. The molecule has 0 radical (unpaired) electrons. The van der Waals surface area contributed by atoms with E-state index in [0.29, 0.717) is 0 Å². The monoisotopic (exact) mass is 240 g/mol. The molecule has 0 aliphatic carbocycles. The van der Waals surface area contributed by atoms with Crippen LogP contribution in [0.3, 0.4) is 0 Å². The second-order valence-electron chi connectivity index (χ2n) is 2.77. The fourth-order valence-corrected chi connectivity index (χ4v) is 1.71. The molecule has 0 aliphatic heterocycles. The van der Waals surface area contributed by atoms with Gasteiger partial charge in [0.1, 0.15) is 11.6 Å². The van der Waals surface area contributed by atoms with Gasteiger partial charge in [0.05, 0.1) is 5.75 Å². The normalized spacial score (nSPS) is 11.6. The first-order chi connectivity index (χ1) is 6.37. The summed E-state index contributed by atoms with van der Waals surface area (Å²) in [7, 11) is 1.33. The van der Waals surface area contributed by atoms with Crippen molar-refractivity contribution in [2.24, 2.45) is 0 Å². The summed E-state index contributed by atoms with van der Waals surface area (Å²) < 4.78 is 46.4. The van der Waals surface area contributed by atoms with Gasteiger partial charge in [-0.3, -0.25) is 0 Å². The third-order valence-electron chi connectivity index (χ3n) is 1.56. The van der Waals surface area contributed by atoms with E-state index in [1.54, 1.807) is 0 Å². The predicted molar refractivity (Wildman–Crippen MR) is 49.7 cm³/mol. The van der Waals surface area contributed by atoms with Gasteiger partial charge in [0, 0.05) is 16.7 Å². The van der Waals surface area contributed by atoms with Gasteiger partial charge in [0.2, 0.25) is 9.05 Å². The van der Waals surface area contributed by atoms with Gasteiger partial charge in [-0.25, -0.2) is 17.2 Å². The molecule has 0 saturated heterocycles. The van der Waals surface area contributed by atoms with Crippen molar-refractivity contribution < 1.29 is 17.2 Å². The smallest absolute Gasteiger partial charge is 0.212 e. The Labute approximate surface area is 84.9 Å². The zero-order chi connectivity index (χ0) is 10.8. The molecule has 0 heterocycles. The lowest BCUT2D eigenvalue weighted by Gasteiger charge is -1.99. The Bertz CT molecular complexity index is 411. The summed E-state index contributed by atoms with van der Waals surface area (Å²) >= 11 is 0. The Morgan fingerprint density at radius 1 is 1.14 bits per heavy atom. The van der Waals surface area contributed by atoms with Crippen molar-refractivity contribution in [3.63, 3.8) is 0 Å². The largest absolute Gasteiger partial charge is 0.232 e. The Balaban J connectivity index is 2.78. The topological polar surface area (TPSA) is 34.1 Å². The molecular formula is C8H7ClF2O2S. The lowest BCUT2D eigenvalue weighted by atomic mass is 10.2. The summed E-state index contributed by atoms with van der Waals surface area (Å²) in [5.74, 6) is -1.80. The van der Waals surface area contributed by atoms with Crippen molar-refractivity contribution in [3.8, 4) is 0 Å². The second kappa shape index (κ2) is 4.23. The number of halogens is 3. The first-order valence-corrected chi connectivity index (χ1v) is 6.22. The van der Waals surface area contributed by atoms with Gasteiger partial charge < -0.3 is 0 Å². The molecule has 0 bridgehead atoms. The maximum Gasteiger partial charge on any atom is 0.232 e. The maximum atomic E-state index is 12.6. The lowest BCUT2D eigenvalue weighted by Crippen LogP contribution is -2.01. The number of benzene rings is 1. The zero-order valence-corrected chi connectivity index (χ0v) is 8.58. The average molecular weight is 241 g/mol. The van der Waals surface area contributed by atoms with Crippen molar-refractivity contribution in [2.75, 3.05) is 5.75 Å². The molecule has 0 fully saturated rings. The van der Waals surface area contributed by atoms with Crippen molar-refractivity contribution in [1.82, 2.24) is 0 Å². The van der Waals surface area contributed by atoms with Gasteiger partial charge in [-0.1, -0.05) is 0 Å². The minimum atomic E-state index is -3.62. The molecule has 0 saturated carbocycles. The molecule has 2 nitrogen and oxygen atoms in total. The van der Waals surface area contributed by atoms with E-state index >= 15 is 0 Å². The van der Waals surface area contributed by atoms with Crippen LogP contribution in [0, 0.1) is 11.6 Å². The van der Waals surface area contributed by atoms with Crippen LogP contribution in [0.1, 0.15) is 5.56 Å². The third kappa shape index (κ3) is 4.02. The van der Waals surface area contributed by atoms with E-state index < -0.39 is 20.7 Å². The van der Waals surface area contributed by atoms with Crippen LogP contribution >= 0.6 is 10.7 Å². The van der Waals surface area contributed by atoms with Gasteiger partial charge in [-0.05, 0) is 24.1 Å². The third-order valence-corrected chi connectivity index (χ3v) is 2.71. The van der Waals surface area contributed by atoms with Crippen LogP contribution in [-0.4, -0.2) is 14.2 Å². The Hall–Kier alpha value is -0.680. The first-order valence-electron chi connectivity index (χ1n) is 3.74. The highest BCUT2D eigenvalue weighted by Crippen LogP contribution is 2.10. The fourth-order valence-electron chi connectivity index (χ4n) is 0.995. The molecule has 14 heavy (non-hydrogen) atoms. The van der Waals surface area contributed by atoms with Crippen molar-refractivity contribution >= 4 is 19.7 Å².